The van der Waals surface area contributed by atoms with Gasteiger partial charge in [0, 0.05) is 21.7 Å². The Morgan fingerprint density at radius 3 is 2.60 bits per heavy atom. The first-order valence-corrected chi connectivity index (χ1v) is 8.73. The summed E-state index contributed by atoms with van der Waals surface area (Å²) in [7, 11) is 0. The number of benzene rings is 1. The zero-order valence-electron chi connectivity index (χ0n) is 11.9. The third-order valence-corrected chi connectivity index (χ3v) is 5.47. The Kier molecular flexibility index (Phi) is 4.50. The Bertz CT molecular complexity index is 466. The molecule has 2 aliphatic rings. The maximum absolute atomic E-state index is 13.3. The summed E-state index contributed by atoms with van der Waals surface area (Å²) < 4.78 is 14.3. The largest absolute Gasteiger partial charge is 0.365 e. The van der Waals surface area contributed by atoms with Crippen LogP contribution in [0.3, 0.4) is 0 Å². The quantitative estimate of drug-likeness (QED) is 0.787. The van der Waals surface area contributed by atoms with Crippen LogP contribution in [-0.4, -0.2) is 24.7 Å². The van der Waals surface area contributed by atoms with Gasteiger partial charge in [0.15, 0.2) is 0 Å². The summed E-state index contributed by atoms with van der Waals surface area (Å²) in [5.41, 5.74) is 1.23. The molecule has 4 heteroatoms. The van der Waals surface area contributed by atoms with Crippen molar-refractivity contribution >= 4 is 28.3 Å². The summed E-state index contributed by atoms with van der Waals surface area (Å²) in [6.07, 6.45) is 6.21. The van der Waals surface area contributed by atoms with Crippen molar-refractivity contribution in [3.8, 4) is 0 Å². The smallest absolute Gasteiger partial charge is 0.124 e. The molecule has 2 aliphatic heterocycles. The summed E-state index contributed by atoms with van der Waals surface area (Å²) in [5, 5.41) is 3.68. The van der Waals surface area contributed by atoms with Gasteiger partial charge in [-0.3, -0.25) is 0 Å². The second-order valence-electron chi connectivity index (χ2n) is 6.01. The molecule has 2 atom stereocenters. The minimum atomic E-state index is -0.134. The lowest BCUT2D eigenvalue weighted by atomic mass is 9.96. The molecule has 2 unspecified atom stereocenters. The van der Waals surface area contributed by atoms with Gasteiger partial charge in [0.2, 0.25) is 0 Å². The molecule has 0 aliphatic carbocycles. The van der Waals surface area contributed by atoms with E-state index in [0.717, 1.165) is 10.1 Å². The van der Waals surface area contributed by atoms with Gasteiger partial charge in [-0.25, -0.2) is 4.39 Å². The predicted octanol–water partition coefficient (Wildman–Crippen LogP) is 3.93. The van der Waals surface area contributed by atoms with E-state index in [1.165, 1.54) is 37.8 Å². The minimum Gasteiger partial charge on any atom is -0.365 e. The minimum absolute atomic E-state index is 0.134. The zero-order chi connectivity index (χ0) is 14.1. The van der Waals surface area contributed by atoms with Crippen LogP contribution in [-0.2, 0) is 0 Å². The molecule has 0 spiro atoms. The molecule has 2 saturated heterocycles. The van der Waals surface area contributed by atoms with Crippen molar-refractivity contribution in [1.82, 2.24) is 5.32 Å². The second kappa shape index (κ2) is 6.18. The molecule has 0 aromatic heterocycles. The molecule has 20 heavy (non-hydrogen) atoms. The molecule has 2 fully saturated rings. The molecule has 0 amide bonds. The standard InChI is InChI=1S/C16H22FIN2/c1-2-7-19-12-9-13-4-5-14(10-12)20(13)16-6-3-11(17)8-15(16)18/h3,6,8,12-14,19H,2,4-5,7,9-10H2,1H3. The summed E-state index contributed by atoms with van der Waals surface area (Å²) in [4.78, 5) is 2.56. The predicted molar refractivity (Wildman–Crippen MR) is 89.7 cm³/mol. The lowest BCUT2D eigenvalue weighted by Crippen LogP contribution is -2.49. The monoisotopic (exact) mass is 388 g/mol. The first-order chi connectivity index (χ1) is 9.69. The van der Waals surface area contributed by atoms with E-state index < -0.39 is 0 Å². The SMILES string of the molecule is CCCNC1CC2CCC(C1)N2c1ccc(F)cc1I. The van der Waals surface area contributed by atoms with Crippen molar-refractivity contribution in [3.63, 3.8) is 0 Å². The maximum Gasteiger partial charge on any atom is 0.124 e. The van der Waals surface area contributed by atoms with E-state index in [2.05, 4.69) is 39.7 Å². The van der Waals surface area contributed by atoms with Gasteiger partial charge in [0.05, 0.1) is 5.69 Å². The molecular weight excluding hydrogens is 366 g/mol. The first kappa shape index (κ1) is 14.6. The molecular formula is C16H22FIN2. The summed E-state index contributed by atoms with van der Waals surface area (Å²) in [6, 6.07) is 7.13. The Morgan fingerprint density at radius 1 is 1.30 bits per heavy atom. The lowest BCUT2D eigenvalue weighted by molar-refractivity contribution is 0.356. The van der Waals surface area contributed by atoms with Crippen LogP contribution in [0, 0.1) is 9.39 Å². The van der Waals surface area contributed by atoms with E-state index in [1.54, 1.807) is 12.1 Å². The van der Waals surface area contributed by atoms with Crippen molar-refractivity contribution in [1.29, 1.82) is 0 Å². The van der Waals surface area contributed by atoms with Gasteiger partial charge in [0.1, 0.15) is 5.82 Å². The summed E-state index contributed by atoms with van der Waals surface area (Å²) in [5.74, 6) is -0.134. The van der Waals surface area contributed by atoms with E-state index >= 15 is 0 Å². The third kappa shape index (κ3) is 2.82. The second-order valence-corrected chi connectivity index (χ2v) is 7.17. The van der Waals surface area contributed by atoms with E-state index in [-0.39, 0.29) is 5.82 Å². The van der Waals surface area contributed by atoms with Crippen molar-refractivity contribution < 1.29 is 4.39 Å². The van der Waals surface area contributed by atoms with Gasteiger partial charge >= 0.3 is 0 Å². The zero-order valence-corrected chi connectivity index (χ0v) is 14.1. The van der Waals surface area contributed by atoms with Gasteiger partial charge in [-0.1, -0.05) is 6.92 Å². The maximum atomic E-state index is 13.3. The highest BCUT2D eigenvalue weighted by atomic mass is 127. The van der Waals surface area contributed by atoms with Crippen LogP contribution in [0.4, 0.5) is 10.1 Å². The molecule has 2 bridgehead atoms. The fourth-order valence-corrected chi connectivity index (χ4v) is 4.53. The lowest BCUT2D eigenvalue weighted by Gasteiger charge is -2.41. The summed E-state index contributed by atoms with van der Waals surface area (Å²) >= 11 is 2.27. The van der Waals surface area contributed by atoms with Crippen molar-refractivity contribution in [2.75, 3.05) is 11.4 Å². The van der Waals surface area contributed by atoms with Crippen molar-refractivity contribution in [3.05, 3.63) is 27.6 Å². The topological polar surface area (TPSA) is 15.3 Å². The van der Waals surface area contributed by atoms with Gasteiger partial charge in [-0.05, 0) is 79.4 Å². The van der Waals surface area contributed by atoms with Gasteiger partial charge in [-0.2, -0.15) is 0 Å². The van der Waals surface area contributed by atoms with E-state index in [1.807, 2.05) is 6.07 Å². The van der Waals surface area contributed by atoms with Crippen LogP contribution in [0.1, 0.15) is 39.0 Å². The Morgan fingerprint density at radius 2 is 2.00 bits per heavy atom. The number of halogens is 2. The fourth-order valence-electron chi connectivity index (χ4n) is 3.78. The highest BCUT2D eigenvalue weighted by Crippen LogP contribution is 2.41. The molecule has 110 valence electrons. The number of nitrogens with one attached hydrogen (secondary N) is 1. The number of hydrogen-bond acceptors (Lipinski definition) is 2. The highest BCUT2D eigenvalue weighted by molar-refractivity contribution is 14.1. The summed E-state index contributed by atoms with van der Waals surface area (Å²) in [6.45, 7) is 3.34. The molecule has 0 radical (unpaired) electrons. The molecule has 1 N–H and O–H groups in total. The Labute approximate surface area is 134 Å². The number of fused-ring (bicyclic) bond motifs is 2. The molecule has 1 aromatic carbocycles. The third-order valence-electron chi connectivity index (χ3n) is 4.60. The molecule has 0 saturated carbocycles. The van der Waals surface area contributed by atoms with Crippen LogP contribution < -0.4 is 10.2 Å². The number of hydrogen-bond donors (Lipinski definition) is 1. The molecule has 2 heterocycles. The van der Waals surface area contributed by atoms with Gasteiger partial charge in [-0.15, -0.1) is 0 Å². The number of nitrogens with zero attached hydrogens (tertiary/aromatic N) is 1. The first-order valence-electron chi connectivity index (χ1n) is 7.65. The number of anilines is 1. The van der Waals surface area contributed by atoms with E-state index in [4.69, 9.17) is 0 Å². The van der Waals surface area contributed by atoms with Crippen LogP contribution in [0.25, 0.3) is 0 Å². The fraction of sp³-hybridized carbons (Fsp3) is 0.625. The highest BCUT2D eigenvalue weighted by Gasteiger charge is 2.41. The molecule has 2 nitrogen and oxygen atoms in total. The number of rotatable bonds is 4. The number of piperidine rings is 1. The Balaban J connectivity index is 1.76. The van der Waals surface area contributed by atoms with Crippen LogP contribution in [0.5, 0.6) is 0 Å². The van der Waals surface area contributed by atoms with Crippen LogP contribution in [0.2, 0.25) is 0 Å². The normalized spacial score (nSPS) is 28.9. The van der Waals surface area contributed by atoms with Gasteiger partial charge < -0.3 is 10.2 Å². The molecule has 1 aromatic rings. The Hall–Kier alpha value is -0.360. The van der Waals surface area contributed by atoms with Crippen molar-refractivity contribution in [2.45, 2.75) is 57.2 Å². The van der Waals surface area contributed by atoms with Crippen LogP contribution in [0.15, 0.2) is 18.2 Å². The average molecular weight is 388 g/mol. The average Bonchev–Trinajstić information content (AvgIpc) is 2.68. The molecule has 3 rings (SSSR count). The van der Waals surface area contributed by atoms with Crippen molar-refractivity contribution in [2.24, 2.45) is 0 Å². The van der Waals surface area contributed by atoms with Gasteiger partial charge in [0.25, 0.3) is 0 Å². The van der Waals surface area contributed by atoms with E-state index in [0.29, 0.717) is 18.1 Å². The van der Waals surface area contributed by atoms with E-state index in [9.17, 15) is 4.39 Å². The van der Waals surface area contributed by atoms with Crippen LogP contribution >= 0.6 is 22.6 Å².